The van der Waals surface area contributed by atoms with Gasteiger partial charge in [0.05, 0.1) is 18.1 Å². The van der Waals surface area contributed by atoms with Gasteiger partial charge in [0, 0.05) is 38.4 Å². The molecule has 1 N–H and O–H groups in total. The van der Waals surface area contributed by atoms with Gasteiger partial charge in [-0.15, -0.1) is 0 Å². The highest BCUT2D eigenvalue weighted by molar-refractivity contribution is 5.49. The Kier molecular flexibility index (Phi) is 8.02. The first-order valence-electron chi connectivity index (χ1n) is 10.5. The third-order valence-electron chi connectivity index (χ3n) is 5.51. The van der Waals surface area contributed by atoms with Crippen LogP contribution in [0.4, 0.5) is 5.69 Å². The van der Waals surface area contributed by atoms with Crippen LogP contribution in [-0.4, -0.2) is 50.5 Å². The lowest BCUT2D eigenvalue weighted by Gasteiger charge is -2.19. The molecule has 5 heteroatoms. The molecule has 0 bridgehead atoms. The van der Waals surface area contributed by atoms with Crippen LogP contribution in [0.2, 0.25) is 0 Å². The summed E-state index contributed by atoms with van der Waals surface area (Å²) in [7, 11) is 0. The second kappa shape index (κ2) is 10.7. The minimum absolute atomic E-state index is 0.495. The molecule has 2 atom stereocenters. The summed E-state index contributed by atoms with van der Waals surface area (Å²) in [6.07, 6.45) is 12.4. The van der Waals surface area contributed by atoms with Gasteiger partial charge in [0.1, 0.15) is 12.4 Å². The van der Waals surface area contributed by atoms with Crippen LogP contribution in [-0.2, 0) is 4.74 Å². The molecule has 2 saturated heterocycles. The Bertz CT molecular complexity index is 520. The highest BCUT2D eigenvalue weighted by atomic mass is 16.5. The van der Waals surface area contributed by atoms with Crippen molar-refractivity contribution in [3.05, 3.63) is 18.5 Å². The van der Waals surface area contributed by atoms with Crippen LogP contribution in [0.3, 0.4) is 0 Å². The number of aromatic nitrogens is 1. The van der Waals surface area contributed by atoms with Crippen molar-refractivity contribution < 1.29 is 9.47 Å². The summed E-state index contributed by atoms with van der Waals surface area (Å²) in [6.45, 7) is 8.15. The first-order valence-corrected chi connectivity index (χ1v) is 10.5. The second-order valence-electron chi connectivity index (χ2n) is 7.69. The normalized spacial score (nSPS) is 22.9. The Morgan fingerprint density at radius 1 is 1.23 bits per heavy atom. The highest BCUT2D eigenvalue weighted by Gasteiger charge is 2.23. The van der Waals surface area contributed by atoms with E-state index in [2.05, 4.69) is 28.2 Å². The topological polar surface area (TPSA) is 46.6 Å². The Morgan fingerprint density at radius 2 is 2.15 bits per heavy atom. The van der Waals surface area contributed by atoms with Crippen LogP contribution in [0.5, 0.6) is 5.75 Å². The SMILES string of the molecule is CCCCOCCC[C@@H]1CCN(c2cncc(OC[C@@H]3CCCN3)c2)C1. The van der Waals surface area contributed by atoms with E-state index in [0.29, 0.717) is 6.04 Å². The zero-order valence-electron chi connectivity index (χ0n) is 16.3. The summed E-state index contributed by atoms with van der Waals surface area (Å²) in [5.74, 6) is 1.67. The van der Waals surface area contributed by atoms with E-state index < -0.39 is 0 Å². The molecule has 2 aliphatic rings. The summed E-state index contributed by atoms with van der Waals surface area (Å²) < 4.78 is 11.6. The highest BCUT2D eigenvalue weighted by Crippen LogP contribution is 2.28. The molecule has 0 unspecified atom stereocenters. The van der Waals surface area contributed by atoms with E-state index in [1.807, 2.05) is 12.4 Å². The van der Waals surface area contributed by atoms with Gasteiger partial charge in [-0.05, 0) is 51.0 Å². The number of nitrogens with zero attached hydrogens (tertiary/aromatic N) is 2. The van der Waals surface area contributed by atoms with Crippen molar-refractivity contribution in [3.63, 3.8) is 0 Å². The van der Waals surface area contributed by atoms with Crippen molar-refractivity contribution >= 4 is 5.69 Å². The molecule has 3 heterocycles. The van der Waals surface area contributed by atoms with Gasteiger partial charge in [-0.2, -0.15) is 0 Å². The lowest BCUT2D eigenvalue weighted by Crippen LogP contribution is -2.28. The van der Waals surface area contributed by atoms with Crippen molar-refractivity contribution in [2.45, 2.75) is 57.9 Å². The first kappa shape index (κ1) is 19.4. The molecule has 2 fully saturated rings. The predicted molar refractivity (Wildman–Crippen MR) is 106 cm³/mol. The van der Waals surface area contributed by atoms with E-state index in [-0.39, 0.29) is 0 Å². The third kappa shape index (κ3) is 6.13. The van der Waals surface area contributed by atoms with Crippen molar-refractivity contribution in [2.24, 2.45) is 5.92 Å². The Balaban J connectivity index is 1.38. The zero-order valence-corrected chi connectivity index (χ0v) is 16.3. The molecular formula is C21H35N3O2. The van der Waals surface area contributed by atoms with Gasteiger partial charge >= 0.3 is 0 Å². The average Bonchev–Trinajstić information content (AvgIpc) is 3.35. The largest absolute Gasteiger partial charge is 0.490 e. The fourth-order valence-corrected chi connectivity index (χ4v) is 3.88. The number of hydrogen-bond donors (Lipinski definition) is 1. The maximum atomic E-state index is 5.96. The zero-order chi connectivity index (χ0) is 18.0. The number of pyridine rings is 1. The summed E-state index contributed by atoms with van der Waals surface area (Å²) in [5, 5.41) is 3.47. The molecule has 26 heavy (non-hydrogen) atoms. The number of unbranched alkanes of at least 4 members (excludes halogenated alkanes) is 1. The van der Waals surface area contributed by atoms with Crippen molar-refractivity contribution in [1.29, 1.82) is 0 Å². The van der Waals surface area contributed by atoms with Crippen LogP contribution in [0.15, 0.2) is 18.5 Å². The first-order chi connectivity index (χ1) is 12.8. The molecule has 0 aromatic carbocycles. The number of nitrogens with one attached hydrogen (secondary N) is 1. The minimum Gasteiger partial charge on any atom is -0.490 e. The summed E-state index contributed by atoms with van der Waals surface area (Å²) in [5.41, 5.74) is 1.20. The van der Waals surface area contributed by atoms with Gasteiger partial charge in [-0.1, -0.05) is 13.3 Å². The molecule has 146 valence electrons. The lowest BCUT2D eigenvalue weighted by atomic mass is 10.0. The van der Waals surface area contributed by atoms with Gasteiger partial charge < -0.3 is 19.7 Å². The van der Waals surface area contributed by atoms with Crippen LogP contribution >= 0.6 is 0 Å². The molecule has 0 amide bonds. The molecule has 3 rings (SSSR count). The monoisotopic (exact) mass is 361 g/mol. The predicted octanol–water partition coefficient (Wildman–Crippen LogP) is 3.64. The summed E-state index contributed by atoms with van der Waals surface area (Å²) in [4.78, 5) is 6.85. The van der Waals surface area contributed by atoms with E-state index in [1.54, 1.807) is 0 Å². The Labute approximate surface area is 158 Å². The molecule has 5 nitrogen and oxygen atoms in total. The van der Waals surface area contributed by atoms with E-state index >= 15 is 0 Å². The number of rotatable bonds is 11. The average molecular weight is 362 g/mol. The van der Waals surface area contributed by atoms with Crippen molar-refractivity contribution in [3.8, 4) is 5.75 Å². The van der Waals surface area contributed by atoms with Crippen LogP contribution in [0.25, 0.3) is 0 Å². The van der Waals surface area contributed by atoms with Crippen LogP contribution in [0.1, 0.15) is 51.9 Å². The van der Waals surface area contributed by atoms with Gasteiger partial charge in [-0.3, -0.25) is 4.98 Å². The maximum absolute atomic E-state index is 5.96. The molecule has 1 aromatic rings. The number of anilines is 1. The van der Waals surface area contributed by atoms with E-state index in [0.717, 1.165) is 51.1 Å². The number of hydrogen-bond acceptors (Lipinski definition) is 5. The molecule has 0 saturated carbocycles. The Morgan fingerprint density at radius 3 is 3.00 bits per heavy atom. The lowest BCUT2D eigenvalue weighted by molar-refractivity contribution is 0.124. The van der Waals surface area contributed by atoms with E-state index in [9.17, 15) is 0 Å². The molecule has 0 aliphatic carbocycles. The smallest absolute Gasteiger partial charge is 0.139 e. The second-order valence-corrected chi connectivity index (χ2v) is 7.69. The van der Waals surface area contributed by atoms with Gasteiger partial charge in [-0.25, -0.2) is 0 Å². The maximum Gasteiger partial charge on any atom is 0.139 e. The van der Waals surface area contributed by atoms with Crippen LogP contribution < -0.4 is 15.0 Å². The third-order valence-corrected chi connectivity index (χ3v) is 5.51. The quantitative estimate of drug-likeness (QED) is 0.610. The summed E-state index contributed by atoms with van der Waals surface area (Å²) >= 11 is 0. The Hall–Kier alpha value is -1.33. The standard InChI is InChI=1S/C21H35N3O2/c1-2-3-11-25-12-5-6-18-8-10-24(16-18)20-13-21(15-22-14-20)26-17-19-7-4-9-23-19/h13-15,18-19,23H,2-12,16-17H2,1H3/t18-,19+/m1/s1. The molecular weight excluding hydrogens is 326 g/mol. The van der Waals surface area contributed by atoms with Gasteiger partial charge in [0.2, 0.25) is 0 Å². The minimum atomic E-state index is 0.495. The van der Waals surface area contributed by atoms with Gasteiger partial charge in [0.15, 0.2) is 0 Å². The van der Waals surface area contributed by atoms with E-state index in [4.69, 9.17) is 9.47 Å². The van der Waals surface area contributed by atoms with E-state index in [1.165, 1.54) is 50.6 Å². The molecule has 1 aromatic heterocycles. The molecule has 0 radical (unpaired) electrons. The number of ether oxygens (including phenoxy) is 2. The molecule has 0 spiro atoms. The van der Waals surface area contributed by atoms with Crippen molar-refractivity contribution in [2.75, 3.05) is 44.4 Å². The van der Waals surface area contributed by atoms with Gasteiger partial charge in [0.25, 0.3) is 0 Å². The fourth-order valence-electron chi connectivity index (χ4n) is 3.88. The fraction of sp³-hybridized carbons (Fsp3) is 0.762. The van der Waals surface area contributed by atoms with Crippen molar-refractivity contribution in [1.82, 2.24) is 10.3 Å². The molecule has 2 aliphatic heterocycles. The van der Waals surface area contributed by atoms with Crippen LogP contribution in [0, 0.1) is 5.92 Å². The summed E-state index contributed by atoms with van der Waals surface area (Å²) in [6, 6.07) is 2.65.